The van der Waals surface area contributed by atoms with Crippen molar-refractivity contribution in [2.45, 2.75) is 51.2 Å². The summed E-state index contributed by atoms with van der Waals surface area (Å²) in [7, 11) is -1.19. The van der Waals surface area contributed by atoms with Gasteiger partial charge in [0.1, 0.15) is 0 Å². The van der Waals surface area contributed by atoms with E-state index in [1.807, 2.05) is 13.8 Å². The smallest absolute Gasteiger partial charge is 0.0945 e. The third-order valence-electron chi connectivity index (χ3n) is 3.31. The van der Waals surface area contributed by atoms with Crippen LogP contribution in [0.1, 0.15) is 46.5 Å². The zero-order valence-electron chi connectivity index (χ0n) is 8.88. The van der Waals surface area contributed by atoms with Crippen LogP contribution in [0.3, 0.4) is 0 Å². The second-order valence-corrected chi connectivity index (χ2v) is 6.63. The molecule has 2 nitrogen and oxygen atoms in total. The molecular formula is C10H21NOS. The second-order valence-electron chi connectivity index (χ2n) is 4.93. The molecule has 1 fully saturated rings. The Balaban J connectivity index is 2.41. The minimum Gasteiger partial charge on any atom is -0.251 e. The van der Waals surface area contributed by atoms with Crippen molar-refractivity contribution in [2.24, 2.45) is 17.0 Å². The first-order valence-corrected chi connectivity index (χ1v) is 6.31. The lowest BCUT2D eigenvalue weighted by Crippen LogP contribution is -2.36. The highest BCUT2D eigenvalue weighted by molar-refractivity contribution is 7.84. The predicted molar refractivity (Wildman–Crippen MR) is 57.5 cm³/mol. The van der Waals surface area contributed by atoms with Gasteiger partial charge in [-0.05, 0) is 32.1 Å². The summed E-state index contributed by atoms with van der Waals surface area (Å²) < 4.78 is 11.0. The monoisotopic (exact) mass is 203 g/mol. The highest BCUT2D eigenvalue weighted by Gasteiger charge is 2.31. The minimum absolute atomic E-state index is 0.213. The van der Waals surface area contributed by atoms with Crippen molar-refractivity contribution < 1.29 is 4.21 Å². The molecule has 1 unspecified atom stereocenters. The van der Waals surface area contributed by atoms with Crippen LogP contribution in [0.4, 0.5) is 0 Å². The molecule has 78 valence electrons. The number of hydrogen-bond acceptors (Lipinski definition) is 1. The van der Waals surface area contributed by atoms with Crippen LogP contribution in [0.25, 0.3) is 0 Å². The first-order valence-electron chi connectivity index (χ1n) is 5.10. The molecule has 0 bridgehead atoms. The molecule has 0 radical (unpaired) electrons. The molecule has 0 spiro atoms. The van der Waals surface area contributed by atoms with Gasteiger partial charge in [-0.1, -0.05) is 26.2 Å². The van der Waals surface area contributed by atoms with Crippen LogP contribution in [-0.4, -0.2) is 8.96 Å². The van der Waals surface area contributed by atoms with Crippen LogP contribution >= 0.6 is 0 Å². The van der Waals surface area contributed by atoms with E-state index in [1.165, 1.54) is 19.3 Å². The standard InChI is InChI=1S/C10H21NOS/c1-8(9-5-4-6-9)7-10(2,3)13(11)12/h8-9H,4-7,11H2,1-3H3/t8-,13?/m1/s1. The minimum atomic E-state index is -1.19. The molecule has 3 heteroatoms. The number of hydrogen-bond donors (Lipinski definition) is 1. The van der Waals surface area contributed by atoms with E-state index < -0.39 is 11.0 Å². The van der Waals surface area contributed by atoms with Crippen LogP contribution in [0.2, 0.25) is 0 Å². The largest absolute Gasteiger partial charge is 0.251 e. The summed E-state index contributed by atoms with van der Waals surface area (Å²) in [4.78, 5) is 0. The Morgan fingerprint density at radius 2 is 2.08 bits per heavy atom. The average molecular weight is 203 g/mol. The summed E-state index contributed by atoms with van der Waals surface area (Å²) in [5, 5.41) is 5.45. The Kier molecular flexibility index (Phi) is 3.52. The van der Waals surface area contributed by atoms with E-state index in [0.29, 0.717) is 5.92 Å². The number of nitrogens with two attached hydrogens (primary N) is 1. The van der Waals surface area contributed by atoms with E-state index in [9.17, 15) is 4.21 Å². The third-order valence-corrected chi connectivity index (χ3v) is 4.57. The zero-order chi connectivity index (χ0) is 10.1. The topological polar surface area (TPSA) is 43.1 Å². The Hall–Kier alpha value is 0.110. The van der Waals surface area contributed by atoms with Gasteiger partial charge in [0.15, 0.2) is 0 Å². The van der Waals surface area contributed by atoms with Crippen LogP contribution < -0.4 is 5.14 Å². The Labute approximate surface area is 83.9 Å². The molecule has 0 heterocycles. The van der Waals surface area contributed by atoms with Gasteiger partial charge in [0.25, 0.3) is 0 Å². The van der Waals surface area contributed by atoms with Crippen molar-refractivity contribution >= 4 is 11.0 Å². The van der Waals surface area contributed by atoms with Gasteiger partial charge >= 0.3 is 0 Å². The molecule has 1 aliphatic carbocycles. The fourth-order valence-electron chi connectivity index (χ4n) is 2.03. The van der Waals surface area contributed by atoms with Crippen LogP contribution in [-0.2, 0) is 11.0 Å². The summed E-state index contributed by atoms with van der Waals surface area (Å²) >= 11 is 0. The lowest BCUT2D eigenvalue weighted by atomic mass is 9.74. The Morgan fingerprint density at radius 3 is 2.38 bits per heavy atom. The van der Waals surface area contributed by atoms with E-state index in [-0.39, 0.29) is 4.75 Å². The first kappa shape index (κ1) is 11.2. The van der Waals surface area contributed by atoms with Crippen molar-refractivity contribution in [2.75, 3.05) is 0 Å². The van der Waals surface area contributed by atoms with E-state index in [4.69, 9.17) is 5.14 Å². The summed E-state index contributed by atoms with van der Waals surface area (Å²) in [5.74, 6) is 1.54. The quantitative estimate of drug-likeness (QED) is 0.748. The molecule has 1 saturated carbocycles. The van der Waals surface area contributed by atoms with E-state index >= 15 is 0 Å². The van der Waals surface area contributed by atoms with Gasteiger partial charge in [-0.3, -0.25) is 5.14 Å². The van der Waals surface area contributed by atoms with Gasteiger partial charge < -0.3 is 0 Å². The molecule has 0 saturated heterocycles. The van der Waals surface area contributed by atoms with Gasteiger partial charge in [-0.15, -0.1) is 0 Å². The van der Waals surface area contributed by atoms with Gasteiger partial charge in [-0.25, -0.2) is 4.21 Å². The maximum atomic E-state index is 11.2. The molecule has 1 aliphatic rings. The maximum absolute atomic E-state index is 11.2. The van der Waals surface area contributed by atoms with Crippen molar-refractivity contribution in [3.8, 4) is 0 Å². The van der Waals surface area contributed by atoms with Gasteiger partial charge in [-0.2, -0.15) is 0 Å². The molecule has 0 aliphatic heterocycles. The third kappa shape index (κ3) is 2.78. The van der Waals surface area contributed by atoms with Gasteiger partial charge in [0.05, 0.1) is 15.7 Å². The molecule has 0 aromatic heterocycles. The molecule has 13 heavy (non-hydrogen) atoms. The number of rotatable bonds is 4. The van der Waals surface area contributed by atoms with Crippen LogP contribution in [0, 0.1) is 11.8 Å². The van der Waals surface area contributed by atoms with E-state index in [0.717, 1.165) is 12.3 Å². The molecular weight excluding hydrogens is 182 g/mol. The molecule has 1 rings (SSSR count). The highest BCUT2D eigenvalue weighted by Crippen LogP contribution is 2.37. The highest BCUT2D eigenvalue weighted by atomic mass is 32.2. The lowest BCUT2D eigenvalue weighted by molar-refractivity contribution is 0.200. The fourth-order valence-corrected chi connectivity index (χ4v) is 2.46. The van der Waals surface area contributed by atoms with Crippen molar-refractivity contribution in [3.05, 3.63) is 0 Å². The molecule has 0 amide bonds. The molecule has 0 aromatic carbocycles. The second kappa shape index (κ2) is 4.09. The summed E-state index contributed by atoms with van der Waals surface area (Å²) in [5.41, 5.74) is 0. The van der Waals surface area contributed by atoms with Crippen LogP contribution in [0.15, 0.2) is 0 Å². The molecule has 0 aromatic rings. The Morgan fingerprint density at radius 1 is 1.54 bits per heavy atom. The average Bonchev–Trinajstić information content (AvgIpc) is 1.80. The summed E-state index contributed by atoms with van der Waals surface area (Å²) in [6.45, 7) is 6.26. The summed E-state index contributed by atoms with van der Waals surface area (Å²) in [6, 6.07) is 0. The maximum Gasteiger partial charge on any atom is 0.0945 e. The Bertz CT molecular complexity index is 199. The van der Waals surface area contributed by atoms with Crippen molar-refractivity contribution in [1.82, 2.24) is 0 Å². The van der Waals surface area contributed by atoms with Crippen molar-refractivity contribution in [3.63, 3.8) is 0 Å². The summed E-state index contributed by atoms with van der Waals surface area (Å²) in [6.07, 6.45) is 5.07. The molecule has 2 N–H and O–H groups in total. The predicted octanol–water partition coefficient (Wildman–Crippen LogP) is 2.21. The first-order chi connectivity index (χ1) is 5.93. The van der Waals surface area contributed by atoms with E-state index in [1.54, 1.807) is 0 Å². The molecule has 2 atom stereocenters. The van der Waals surface area contributed by atoms with Crippen LogP contribution in [0.5, 0.6) is 0 Å². The van der Waals surface area contributed by atoms with E-state index in [2.05, 4.69) is 6.92 Å². The van der Waals surface area contributed by atoms with Gasteiger partial charge in [0, 0.05) is 0 Å². The fraction of sp³-hybridized carbons (Fsp3) is 1.00. The van der Waals surface area contributed by atoms with Gasteiger partial charge in [0.2, 0.25) is 0 Å². The SMILES string of the molecule is C[C@H](CC(C)(C)S(N)=O)C1CCC1. The van der Waals surface area contributed by atoms with Crippen molar-refractivity contribution in [1.29, 1.82) is 0 Å². The lowest BCUT2D eigenvalue weighted by Gasteiger charge is -2.35. The normalized spacial score (nSPS) is 23.7. The zero-order valence-corrected chi connectivity index (χ0v) is 9.69.